The average molecular weight is 490 g/mol. The van der Waals surface area contributed by atoms with Crippen LogP contribution in [0.15, 0.2) is 63.0 Å². The summed E-state index contributed by atoms with van der Waals surface area (Å²) in [5.41, 5.74) is 2.23. The van der Waals surface area contributed by atoms with Crippen LogP contribution in [0.3, 0.4) is 0 Å². The molecule has 9 heteroatoms. The molecule has 0 unspecified atom stereocenters. The number of pyridine rings is 1. The molecule has 5 rings (SSSR count). The van der Waals surface area contributed by atoms with Crippen LogP contribution < -0.4 is 5.63 Å². The molecule has 1 aromatic carbocycles. The van der Waals surface area contributed by atoms with Crippen molar-refractivity contribution in [2.75, 3.05) is 6.54 Å². The van der Waals surface area contributed by atoms with Gasteiger partial charge in [0.1, 0.15) is 11.4 Å². The molecule has 1 aliphatic rings. The molecule has 3 aromatic heterocycles. The largest absolute Gasteiger partial charge is 0.423 e. The summed E-state index contributed by atoms with van der Waals surface area (Å²) in [7, 11) is 0. The van der Waals surface area contributed by atoms with E-state index in [2.05, 4.69) is 28.2 Å². The zero-order chi connectivity index (χ0) is 24.2. The van der Waals surface area contributed by atoms with Gasteiger partial charge in [-0.3, -0.25) is 9.36 Å². The predicted molar refractivity (Wildman–Crippen MR) is 134 cm³/mol. The van der Waals surface area contributed by atoms with Crippen LogP contribution in [-0.4, -0.2) is 37.1 Å². The fourth-order valence-electron chi connectivity index (χ4n) is 4.34. The molecular formula is C26H27N5O3S. The fraction of sp³-hybridized carbons (Fsp3) is 0.346. The highest BCUT2D eigenvalue weighted by Crippen LogP contribution is 2.28. The van der Waals surface area contributed by atoms with E-state index in [1.54, 1.807) is 12.3 Å². The second-order valence-corrected chi connectivity index (χ2v) is 9.55. The first-order valence-electron chi connectivity index (χ1n) is 11.9. The standard InChI is InChI=1S/C26H27N5O3S/c1-2-18-10-11-20-19(15-25(33)34-21(20)14-18)17-35-26-29-28-23(31(26)22-8-5-6-12-27-22)16-30-13-7-3-4-9-24(30)32/h5-6,8,10-12,14-15H,2-4,7,9,13,16-17H2,1H3. The number of hydrogen-bond acceptors (Lipinski definition) is 7. The minimum absolute atomic E-state index is 0.154. The Morgan fingerprint density at radius 3 is 2.80 bits per heavy atom. The highest BCUT2D eigenvalue weighted by molar-refractivity contribution is 7.98. The Hall–Kier alpha value is -3.46. The number of fused-ring (bicyclic) bond motifs is 1. The van der Waals surface area contributed by atoms with Gasteiger partial charge in [-0.25, -0.2) is 9.78 Å². The van der Waals surface area contributed by atoms with Crippen LogP contribution in [0.5, 0.6) is 0 Å². The second-order valence-electron chi connectivity index (χ2n) is 8.61. The average Bonchev–Trinajstić information content (AvgIpc) is 3.16. The van der Waals surface area contributed by atoms with E-state index in [-0.39, 0.29) is 11.5 Å². The number of hydrogen-bond donors (Lipinski definition) is 0. The van der Waals surface area contributed by atoms with E-state index in [0.717, 1.165) is 48.7 Å². The van der Waals surface area contributed by atoms with Crippen molar-refractivity contribution in [3.8, 4) is 5.82 Å². The minimum Gasteiger partial charge on any atom is -0.423 e. The molecule has 0 bridgehead atoms. The molecule has 4 heterocycles. The van der Waals surface area contributed by atoms with Crippen molar-refractivity contribution in [2.24, 2.45) is 0 Å². The molecule has 0 spiro atoms. The van der Waals surface area contributed by atoms with Crippen molar-refractivity contribution in [1.29, 1.82) is 0 Å². The third kappa shape index (κ3) is 5.14. The van der Waals surface area contributed by atoms with E-state index in [4.69, 9.17) is 4.42 Å². The number of benzene rings is 1. The molecule has 0 radical (unpaired) electrons. The SMILES string of the molecule is CCc1ccc2c(CSc3nnc(CN4CCCCCC4=O)n3-c3ccccn3)cc(=O)oc2c1. The smallest absolute Gasteiger partial charge is 0.336 e. The van der Waals surface area contributed by atoms with E-state index < -0.39 is 0 Å². The molecule has 4 aromatic rings. The maximum Gasteiger partial charge on any atom is 0.336 e. The Kier molecular flexibility index (Phi) is 6.94. The Bertz CT molecular complexity index is 1400. The lowest BCUT2D eigenvalue weighted by Crippen LogP contribution is -2.31. The molecule has 1 aliphatic heterocycles. The van der Waals surface area contributed by atoms with Crippen molar-refractivity contribution in [1.82, 2.24) is 24.6 Å². The van der Waals surface area contributed by atoms with Crippen molar-refractivity contribution in [3.05, 3.63) is 76.0 Å². The molecule has 8 nitrogen and oxygen atoms in total. The quantitative estimate of drug-likeness (QED) is 0.278. The molecule has 0 N–H and O–H groups in total. The first-order chi connectivity index (χ1) is 17.1. The third-order valence-corrected chi connectivity index (χ3v) is 7.22. The van der Waals surface area contributed by atoms with Gasteiger partial charge in [0.25, 0.3) is 0 Å². The summed E-state index contributed by atoms with van der Waals surface area (Å²) in [5, 5.41) is 10.5. The van der Waals surface area contributed by atoms with E-state index in [1.165, 1.54) is 11.8 Å². The molecule has 0 saturated carbocycles. The maximum atomic E-state index is 12.6. The van der Waals surface area contributed by atoms with Crippen LogP contribution in [0, 0.1) is 0 Å². The van der Waals surface area contributed by atoms with E-state index >= 15 is 0 Å². The summed E-state index contributed by atoms with van der Waals surface area (Å²) in [6, 6.07) is 13.2. The number of likely N-dealkylation sites (tertiary alicyclic amines) is 1. The number of carbonyl (C=O) groups excluding carboxylic acids is 1. The molecule has 35 heavy (non-hydrogen) atoms. The molecule has 1 fully saturated rings. The van der Waals surface area contributed by atoms with Gasteiger partial charge in [0.2, 0.25) is 5.91 Å². The number of aromatic nitrogens is 4. The van der Waals surface area contributed by atoms with Crippen LogP contribution in [0.25, 0.3) is 16.8 Å². The highest BCUT2D eigenvalue weighted by Gasteiger charge is 2.22. The van der Waals surface area contributed by atoms with Crippen LogP contribution in [0.2, 0.25) is 0 Å². The van der Waals surface area contributed by atoms with Gasteiger partial charge in [-0.2, -0.15) is 0 Å². The summed E-state index contributed by atoms with van der Waals surface area (Å²) in [4.78, 5) is 31.2. The Labute approximate surface area is 207 Å². The third-order valence-electron chi connectivity index (χ3n) is 6.24. The van der Waals surface area contributed by atoms with Gasteiger partial charge in [0.15, 0.2) is 11.0 Å². The molecule has 1 saturated heterocycles. The number of aryl methyl sites for hydroxylation is 1. The fourth-order valence-corrected chi connectivity index (χ4v) is 5.29. The zero-order valence-electron chi connectivity index (χ0n) is 19.6. The number of amides is 1. The minimum atomic E-state index is -0.368. The molecule has 1 amide bonds. The van der Waals surface area contributed by atoms with Crippen LogP contribution >= 0.6 is 11.8 Å². The topological polar surface area (TPSA) is 94.1 Å². The normalized spacial score (nSPS) is 14.4. The Morgan fingerprint density at radius 1 is 1.06 bits per heavy atom. The lowest BCUT2D eigenvalue weighted by molar-refractivity contribution is -0.131. The lowest BCUT2D eigenvalue weighted by Gasteiger charge is -2.20. The molecule has 0 aliphatic carbocycles. The van der Waals surface area contributed by atoms with Gasteiger partial charge in [0, 0.05) is 36.4 Å². The van der Waals surface area contributed by atoms with Gasteiger partial charge in [0.05, 0.1) is 6.54 Å². The van der Waals surface area contributed by atoms with Crippen molar-refractivity contribution < 1.29 is 9.21 Å². The van der Waals surface area contributed by atoms with Crippen LogP contribution in [0.4, 0.5) is 0 Å². The van der Waals surface area contributed by atoms with E-state index in [0.29, 0.717) is 41.1 Å². The van der Waals surface area contributed by atoms with Gasteiger partial charge < -0.3 is 9.32 Å². The number of carbonyl (C=O) groups is 1. The van der Waals surface area contributed by atoms with E-state index in [9.17, 15) is 9.59 Å². The summed E-state index contributed by atoms with van der Waals surface area (Å²) in [6.45, 7) is 3.18. The second kappa shape index (κ2) is 10.4. The maximum absolute atomic E-state index is 12.6. The van der Waals surface area contributed by atoms with Crippen molar-refractivity contribution in [2.45, 2.75) is 56.5 Å². The predicted octanol–water partition coefficient (Wildman–Crippen LogP) is 4.53. The number of thioether (sulfide) groups is 1. The Balaban J connectivity index is 1.46. The summed E-state index contributed by atoms with van der Waals surface area (Å²) in [5.74, 6) is 2.04. The molecular weight excluding hydrogens is 462 g/mol. The van der Waals surface area contributed by atoms with Crippen molar-refractivity contribution in [3.63, 3.8) is 0 Å². The number of rotatable bonds is 7. The summed E-state index contributed by atoms with van der Waals surface area (Å²) < 4.78 is 7.36. The van der Waals surface area contributed by atoms with Gasteiger partial charge in [-0.1, -0.05) is 43.3 Å². The molecule has 180 valence electrons. The van der Waals surface area contributed by atoms with Gasteiger partial charge in [-0.15, -0.1) is 10.2 Å². The first-order valence-corrected chi connectivity index (χ1v) is 12.9. The highest BCUT2D eigenvalue weighted by atomic mass is 32.2. The molecule has 0 atom stereocenters. The summed E-state index contributed by atoms with van der Waals surface area (Å²) in [6.07, 6.45) is 6.16. The summed E-state index contributed by atoms with van der Waals surface area (Å²) >= 11 is 1.48. The number of nitrogens with zero attached hydrogens (tertiary/aromatic N) is 5. The van der Waals surface area contributed by atoms with E-state index in [1.807, 2.05) is 39.8 Å². The lowest BCUT2D eigenvalue weighted by atomic mass is 10.1. The van der Waals surface area contributed by atoms with Crippen LogP contribution in [0.1, 0.15) is 49.6 Å². The monoisotopic (exact) mass is 489 g/mol. The van der Waals surface area contributed by atoms with Gasteiger partial charge >= 0.3 is 5.63 Å². The zero-order valence-corrected chi connectivity index (χ0v) is 20.5. The van der Waals surface area contributed by atoms with Crippen LogP contribution in [-0.2, 0) is 23.5 Å². The first kappa shape index (κ1) is 23.3. The Morgan fingerprint density at radius 2 is 1.97 bits per heavy atom. The van der Waals surface area contributed by atoms with Crippen molar-refractivity contribution >= 4 is 28.6 Å². The van der Waals surface area contributed by atoms with Gasteiger partial charge in [-0.05, 0) is 48.6 Å².